The van der Waals surface area contributed by atoms with Gasteiger partial charge in [-0.3, -0.25) is 4.79 Å². The smallest absolute Gasteiger partial charge is 0.229 e. The van der Waals surface area contributed by atoms with Crippen molar-refractivity contribution in [1.29, 1.82) is 0 Å². The van der Waals surface area contributed by atoms with Crippen LogP contribution in [0, 0.1) is 5.41 Å². The van der Waals surface area contributed by atoms with Crippen LogP contribution in [0.25, 0.3) is 0 Å². The van der Waals surface area contributed by atoms with Gasteiger partial charge in [-0.25, -0.2) is 0 Å². The maximum Gasteiger partial charge on any atom is 0.229 e. The van der Waals surface area contributed by atoms with Crippen LogP contribution < -0.4 is 5.32 Å². The third-order valence-electron chi connectivity index (χ3n) is 2.50. The van der Waals surface area contributed by atoms with E-state index in [-0.39, 0.29) is 11.3 Å². The van der Waals surface area contributed by atoms with E-state index in [1.807, 2.05) is 25.8 Å². The number of morpholine rings is 1. The number of carbonyl (C=O) groups is 1. The van der Waals surface area contributed by atoms with Gasteiger partial charge in [0.2, 0.25) is 5.91 Å². The number of amides is 1. The van der Waals surface area contributed by atoms with Crippen molar-refractivity contribution in [3.8, 4) is 0 Å². The molecule has 0 saturated carbocycles. The predicted molar refractivity (Wildman–Crippen MR) is 55.1 cm³/mol. The first-order valence-corrected chi connectivity index (χ1v) is 5.09. The van der Waals surface area contributed by atoms with Gasteiger partial charge in [0.05, 0.1) is 18.6 Å². The molecular weight excluding hydrogens is 180 g/mol. The maximum atomic E-state index is 12.0. The van der Waals surface area contributed by atoms with Crippen LogP contribution in [0.1, 0.15) is 13.8 Å². The Morgan fingerprint density at radius 1 is 1.43 bits per heavy atom. The number of hydrogen-bond acceptors (Lipinski definition) is 3. The van der Waals surface area contributed by atoms with E-state index in [2.05, 4.69) is 5.32 Å². The average molecular weight is 200 g/mol. The fourth-order valence-corrected chi connectivity index (χ4v) is 1.71. The van der Waals surface area contributed by atoms with Gasteiger partial charge in [-0.15, -0.1) is 0 Å². The largest absolute Gasteiger partial charge is 0.378 e. The van der Waals surface area contributed by atoms with E-state index in [0.29, 0.717) is 19.8 Å². The number of rotatable bonds is 3. The van der Waals surface area contributed by atoms with Crippen molar-refractivity contribution < 1.29 is 9.53 Å². The molecule has 1 fully saturated rings. The van der Waals surface area contributed by atoms with Crippen LogP contribution in [-0.4, -0.2) is 50.7 Å². The Morgan fingerprint density at radius 2 is 2.00 bits per heavy atom. The molecule has 0 radical (unpaired) electrons. The molecular formula is C10H20N2O2. The summed E-state index contributed by atoms with van der Waals surface area (Å²) >= 11 is 0. The first-order chi connectivity index (χ1) is 6.58. The second-order valence-corrected chi connectivity index (χ2v) is 4.32. The monoisotopic (exact) mass is 200 g/mol. The van der Waals surface area contributed by atoms with Crippen molar-refractivity contribution in [3.05, 3.63) is 0 Å². The Hall–Kier alpha value is -0.610. The molecule has 4 heteroatoms. The summed E-state index contributed by atoms with van der Waals surface area (Å²) in [6, 6.07) is 0. The van der Waals surface area contributed by atoms with Gasteiger partial charge < -0.3 is 15.0 Å². The fraction of sp³-hybridized carbons (Fsp3) is 0.900. The number of hydrogen-bond donors (Lipinski definition) is 1. The molecule has 1 aliphatic rings. The van der Waals surface area contributed by atoms with Crippen LogP contribution in [0.4, 0.5) is 0 Å². The highest BCUT2D eigenvalue weighted by molar-refractivity contribution is 5.82. The highest BCUT2D eigenvalue weighted by Crippen LogP contribution is 2.18. The van der Waals surface area contributed by atoms with Crippen LogP contribution in [0.15, 0.2) is 0 Å². The predicted octanol–water partition coefficient (Wildman–Crippen LogP) is 0.0908. The zero-order valence-electron chi connectivity index (χ0n) is 9.30. The van der Waals surface area contributed by atoms with Crippen LogP contribution >= 0.6 is 0 Å². The molecule has 14 heavy (non-hydrogen) atoms. The minimum absolute atomic E-state index is 0.218. The number of nitrogens with zero attached hydrogens (tertiary/aromatic N) is 1. The lowest BCUT2D eigenvalue weighted by Crippen LogP contribution is -2.49. The summed E-state index contributed by atoms with van der Waals surface area (Å²) in [4.78, 5) is 13.9. The Labute approximate surface area is 85.6 Å². The summed E-state index contributed by atoms with van der Waals surface area (Å²) in [6.45, 7) is 7.45. The van der Waals surface area contributed by atoms with Gasteiger partial charge in [-0.2, -0.15) is 0 Å². The molecule has 0 aromatic rings. The van der Waals surface area contributed by atoms with E-state index >= 15 is 0 Å². The van der Waals surface area contributed by atoms with Crippen molar-refractivity contribution in [2.24, 2.45) is 5.41 Å². The summed E-state index contributed by atoms with van der Waals surface area (Å²) in [5.41, 5.74) is -0.313. The van der Waals surface area contributed by atoms with Gasteiger partial charge in [0.25, 0.3) is 0 Å². The molecule has 4 nitrogen and oxygen atoms in total. The van der Waals surface area contributed by atoms with Crippen molar-refractivity contribution in [3.63, 3.8) is 0 Å². The molecule has 0 bridgehead atoms. The van der Waals surface area contributed by atoms with Gasteiger partial charge in [0.1, 0.15) is 0 Å². The van der Waals surface area contributed by atoms with Gasteiger partial charge in [-0.1, -0.05) is 0 Å². The zero-order valence-corrected chi connectivity index (χ0v) is 9.30. The SMILES string of the molecule is CNCC(C)(C)C(=O)N1CCOCC1. The molecule has 82 valence electrons. The molecule has 0 aromatic carbocycles. The van der Waals surface area contributed by atoms with E-state index < -0.39 is 0 Å². The number of carbonyl (C=O) groups excluding carboxylic acids is 1. The molecule has 1 N–H and O–H groups in total. The molecule has 0 spiro atoms. The minimum atomic E-state index is -0.313. The Morgan fingerprint density at radius 3 is 2.50 bits per heavy atom. The third kappa shape index (κ3) is 2.69. The van der Waals surface area contributed by atoms with E-state index in [0.717, 1.165) is 13.1 Å². The highest BCUT2D eigenvalue weighted by atomic mass is 16.5. The van der Waals surface area contributed by atoms with Gasteiger partial charge in [0, 0.05) is 19.6 Å². The van der Waals surface area contributed by atoms with Gasteiger partial charge in [0.15, 0.2) is 0 Å². The van der Waals surface area contributed by atoms with Crippen molar-refractivity contribution >= 4 is 5.91 Å². The second-order valence-electron chi connectivity index (χ2n) is 4.32. The standard InChI is InChI=1S/C10H20N2O2/c1-10(2,8-11-3)9(13)12-4-6-14-7-5-12/h11H,4-8H2,1-3H3. The fourth-order valence-electron chi connectivity index (χ4n) is 1.71. The lowest BCUT2D eigenvalue weighted by molar-refractivity contribution is -0.144. The van der Waals surface area contributed by atoms with Crippen LogP contribution in [0.5, 0.6) is 0 Å². The van der Waals surface area contributed by atoms with E-state index in [1.54, 1.807) is 0 Å². The zero-order chi connectivity index (χ0) is 10.6. The van der Waals surface area contributed by atoms with Crippen LogP contribution in [0.2, 0.25) is 0 Å². The molecule has 1 aliphatic heterocycles. The minimum Gasteiger partial charge on any atom is -0.378 e. The summed E-state index contributed by atoms with van der Waals surface area (Å²) in [5.74, 6) is 0.218. The Balaban J connectivity index is 2.53. The summed E-state index contributed by atoms with van der Waals surface area (Å²) in [6.07, 6.45) is 0. The molecule has 1 rings (SSSR count). The summed E-state index contributed by atoms with van der Waals surface area (Å²) < 4.78 is 5.21. The lowest BCUT2D eigenvalue weighted by atomic mass is 9.91. The highest BCUT2D eigenvalue weighted by Gasteiger charge is 2.31. The molecule has 1 amide bonds. The normalized spacial score (nSPS) is 18.4. The van der Waals surface area contributed by atoms with Gasteiger partial charge >= 0.3 is 0 Å². The van der Waals surface area contributed by atoms with Crippen molar-refractivity contribution in [2.45, 2.75) is 13.8 Å². The van der Waals surface area contributed by atoms with E-state index in [9.17, 15) is 4.79 Å². The molecule has 1 saturated heterocycles. The molecule has 0 aliphatic carbocycles. The Bertz CT molecular complexity index is 198. The number of ether oxygens (including phenoxy) is 1. The van der Waals surface area contributed by atoms with E-state index in [4.69, 9.17) is 4.74 Å². The first-order valence-electron chi connectivity index (χ1n) is 5.09. The topological polar surface area (TPSA) is 41.6 Å². The van der Waals surface area contributed by atoms with Crippen molar-refractivity contribution in [1.82, 2.24) is 10.2 Å². The van der Waals surface area contributed by atoms with Crippen LogP contribution in [-0.2, 0) is 9.53 Å². The van der Waals surface area contributed by atoms with E-state index in [1.165, 1.54) is 0 Å². The number of nitrogens with one attached hydrogen (secondary N) is 1. The molecule has 0 atom stereocenters. The summed E-state index contributed by atoms with van der Waals surface area (Å²) in [5, 5.41) is 3.05. The maximum absolute atomic E-state index is 12.0. The first kappa shape index (κ1) is 11.5. The summed E-state index contributed by atoms with van der Waals surface area (Å²) in [7, 11) is 1.87. The van der Waals surface area contributed by atoms with Crippen LogP contribution in [0.3, 0.4) is 0 Å². The molecule has 0 aromatic heterocycles. The van der Waals surface area contributed by atoms with Crippen molar-refractivity contribution in [2.75, 3.05) is 39.9 Å². The Kier molecular flexibility index (Phi) is 3.89. The quantitative estimate of drug-likeness (QED) is 0.702. The van der Waals surface area contributed by atoms with Gasteiger partial charge in [-0.05, 0) is 20.9 Å². The molecule has 1 heterocycles. The average Bonchev–Trinajstić information content (AvgIpc) is 2.18. The lowest BCUT2D eigenvalue weighted by Gasteiger charge is -2.34. The molecule has 0 unspecified atom stereocenters. The second kappa shape index (κ2) is 4.75. The third-order valence-corrected chi connectivity index (χ3v) is 2.50.